The van der Waals surface area contributed by atoms with Crippen molar-refractivity contribution in [1.82, 2.24) is 0 Å². The molecule has 0 fully saturated rings. The molecule has 0 aromatic heterocycles. The molecule has 1 rings (SSSR count). The first-order valence-corrected chi connectivity index (χ1v) is 5.78. The molecule has 0 N–H and O–H groups in total. The zero-order valence-corrected chi connectivity index (χ0v) is 9.96. The SMILES string of the molecule is [B][P@@H+](c1ccccc1)C(C)(C)C.[Li+]. The summed E-state index contributed by atoms with van der Waals surface area (Å²) in [5, 5.41) is 1.56. The molecule has 0 amide bonds. The molecular weight excluding hydrogens is 169 g/mol. The monoisotopic (exact) mass is 184 g/mol. The van der Waals surface area contributed by atoms with Crippen LogP contribution in [0.3, 0.4) is 0 Å². The molecule has 13 heavy (non-hydrogen) atoms. The van der Waals surface area contributed by atoms with Crippen molar-refractivity contribution in [2.24, 2.45) is 0 Å². The van der Waals surface area contributed by atoms with Gasteiger partial charge in [0.25, 0.3) is 0 Å². The summed E-state index contributed by atoms with van der Waals surface area (Å²) in [6.45, 7) is 6.61. The summed E-state index contributed by atoms with van der Waals surface area (Å²) in [5.74, 6) is 0. The van der Waals surface area contributed by atoms with Gasteiger partial charge in [0, 0.05) is 0 Å². The van der Waals surface area contributed by atoms with E-state index in [4.69, 9.17) is 7.57 Å². The van der Waals surface area contributed by atoms with Gasteiger partial charge in [-0.1, -0.05) is 18.2 Å². The van der Waals surface area contributed by atoms with Crippen molar-refractivity contribution in [2.75, 3.05) is 0 Å². The van der Waals surface area contributed by atoms with Gasteiger partial charge < -0.3 is 0 Å². The molecule has 1 aromatic carbocycles. The Morgan fingerprint density at radius 1 is 1.08 bits per heavy atom. The molecule has 0 aliphatic heterocycles. The van der Waals surface area contributed by atoms with Crippen LogP contribution in [0.25, 0.3) is 0 Å². The summed E-state index contributed by atoms with van der Waals surface area (Å²) in [6, 6.07) is 10.4. The number of rotatable bonds is 1. The maximum atomic E-state index is 6.17. The zero-order chi connectivity index (χ0) is 9.19. The van der Waals surface area contributed by atoms with E-state index in [1.54, 1.807) is 0 Å². The molecule has 0 saturated heterocycles. The maximum Gasteiger partial charge on any atom is 1.00 e. The molecule has 0 heterocycles. The second-order valence-electron chi connectivity index (χ2n) is 4.03. The van der Waals surface area contributed by atoms with Crippen LogP contribution in [0.2, 0.25) is 0 Å². The Labute approximate surface area is 95.8 Å². The van der Waals surface area contributed by atoms with E-state index in [1.165, 1.54) is 5.30 Å². The minimum Gasteiger partial charge on any atom is -0.0620 e. The van der Waals surface area contributed by atoms with Crippen LogP contribution in [0, 0.1) is 0 Å². The van der Waals surface area contributed by atoms with Gasteiger partial charge in [0.15, 0.2) is 0 Å². The van der Waals surface area contributed by atoms with Crippen molar-refractivity contribution >= 4 is 20.7 Å². The fourth-order valence-corrected chi connectivity index (χ4v) is 2.47. The molecule has 0 spiro atoms. The molecule has 0 aliphatic carbocycles. The zero-order valence-electron chi connectivity index (χ0n) is 8.96. The van der Waals surface area contributed by atoms with Crippen LogP contribution in [0.5, 0.6) is 0 Å². The van der Waals surface area contributed by atoms with Crippen LogP contribution in [0.1, 0.15) is 20.8 Å². The van der Waals surface area contributed by atoms with Crippen LogP contribution in [0.4, 0.5) is 0 Å². The van der Waals surface area contributed by atoms with E-state index in [9.17, 15) is 0 Å². The smallest absolute Gasteiger partial charge is 0.0620 e. The van der Waals surface area contributed by atoms with Crippen LogP contribution < -0.4 is 24.2 Å². The summed E-state index contributed by atoms with van der Waals surface area (Å²) < 4.78 is 0. The summed E-state index contributed by atoms with van der Waals surface area (Å²) in [7, 11) is 5.29. The third-order valence-corrected chi connectivity index (χ3v) is 4.46. The van der Waals surface area contributed by atoms with Crippen molar-refractivity contribution in [2.45, 2.75) is 25.9 Å². The van der Waals surface area contributed by atoms with Crippen LogP contribution in [-0.2, 0) is 0 Å². The van der Waals surface area contributed by atoms with E-state index < -0.39 is 7.80 Å². The quantitative estimate of drug-likeness (QED) is 0.404. The first-order valence-electron chi connectivity index (χ1n) is 4.20. The second kappa shape index (κ2) is 5.26. The van der Waals surface area contributed by atoms with Crippen molar-refractivity contribution in [3.05, 3.63) is 30.3 Å². The van der Waals surface area contributed by atoms with Gasteiger partial charge in [-0.15, -0.1) is 0 Å². The van der Waals surface area contributed by atoms with E-state index in [1.807, 2.05) is 6.07 Å². The molecule has 1 aromatic rings. The topological polar surface area (TPSA) is 0 Å². The summed E-state index contributed by atoms with van der Waals surface area (Å²) in [6.07, 6.45) is 0. The van der Waals surface area contributed by atoms with E-state index in [2.05, 4.69) is 45.0 Å². The van der Waals surface area contributed by atoms with Crippen molar-refractivity contribution in [3.8, 4) is 0 Å². The van der Waals surface area contributed by atoms with Crippen LogP contribution >= 0.6 is 7.80 Å². The van der Waals surface area contributed by atoms with Crippen molar-refractivity contribution in [1.29, 1.82) is 0 Å². The van der Waals surface area contributed by atoms with Crippen molar-refractivity contribution < 1.29 is 18.9 Å². The molecule has 0 unspecified atom stereocenters. The van der Waals surface area contributed by atoms with Crippen LogP contribution in [0.15, 0.2) is 30.3 Å². The van der Waals surface area contributed by atoms with E-state index >= 15 is 0 Å². The van der Waals surface area contributed by atoms with Gasteiger partial charge in [-0.2, -0.15) is 0 Å². The number of benzene rings is 1. The van der Waals surface area contributed by atoms with Gasteiger partial charge in [-0.05, 0) is 40.7 Å². The predicted molar refractivity (Wildman–Crippen MR) is 59.9 cm³/mol. The standard InChI is InChI=1S/C10H15BP.Li/c1-10(2,3)12(11)9-7-5-4-6-8-9;/h4-8,12H,1-3H3;/q2*+1. The third-order valence-electron chi connectivity index (χ3n) is 1.89. The molecule has 0 nitrogen and oxygen atoms in total. The third kappa shape index (κ3) is 3.90. The number of hydrogen-bond acceptors (Lipinski definition) is 0. The maximum absolute atomic E-state index is 6.17. The largest absolute Gasteiger partial charge is 1.00 e. The average Bonchev–Trinajstić information content (AvgIpc) is 2.03. The predicted octanol–water partition coefficient (Wildman–Crippen LogP) is -0.588. The summed E-state index contributed by atoms with van der Waals surface area (Å²) in [5.41, 5.74) is 0. The van der Waals surface area contributed by atoms with Crippen molar-refractivity contribution in [3.63, 3.8) is 0 Å². The summed E-state index contributed by atoms with van der Waals surface area (Å²) >= 11 is 0. The molecule has 0 aliphatic rings. The minimum atomic E-state index is -0.883. The molecule has 3 heteroatoms. The van der Waals surface area contributed by atoms with Gasteiger partial charge in [-0.3, -0.25) is 0 Å². The Morgan fingerprint density at radius 2 is 1.54 bits per heavy atom. The fraction of sp³-hybridized carbons (Fsp3) is 0.400. The Morgan fingerprint density at radius 3 is 1.92 bits per heavy atom. The second-order valence-corrected chi connectivity index (χ2v) is 6.93. The average molecular weight is 184 g/mol. The summed E-state index contributed by atoms with van der Waals surface area (Å²) in [4.78, 5) is 0. The van der Waals surface area contributed by atoms with E-state index in [0.29, 0.717) is 0 Å². The molecule has 0 saturated carbocycles. The number of hydrogen-bond donors (Lipinski definition) is 0. The fourth-order valence-electron chi connectivity index (χ4n) is 1.05. The Balaban J connectivity index is 0.00000144. The minimum absolute atomic E-state index is 0. The molecule has 62 valence electrons. The molecule has 0 bridgehead atoms. The van der Waals surface area contributed by atoms with Crippen LogP contribution in [-0.4, -0.2) is 12.7 Å². The molecule has 2 radical (unpaired) electrons. The van der Waals surface area contributed by atoms with Gasteiger partial charge in [-0.25, -0.2) is 0 Å². The molecular formula is C10H15BLiP+2. The van der Waals surface area contributed by atoms with Gasteiger partial charge in [0.1, 0.15) is 0 Å². The van der Waals surface area contributed by atoms with Gasteiger partial charge in [0.05, 0.1) is 10.5 Å². The Hall–Kier alpha value is 0.312. The first kappa shape index (κ1) is 13.3. The Bertz CT molecular complexity index is 243. The van der Waals surface area contributed by atoms with E-state index in [-0.39, 0.29) is 24.0 Å². The van der Waals surface area contributed by atoms with E-state index in [0.717, 1.165) is 0 Å². The Kier molecular flexibility index (Phi) is 5.38. The van der Waals surface area contributed by atoms with Gasteiger partial charge in [0.2, 0.25) is 0 Å². The normalized spacial score (nSPS) is 13.2. The first-order chi connectivity index (χ1) is 5.52. The van der Waals surface area contributed by atoms with Gasteiger partial charge >= 0.3 is 26.4 Å². The molecule has 1 atom stereocenters.